The number of thioether (sulfide) groups is 1. The van der Waals surface area contributed by atoms with Crippen molar-refractivity contribution in [2.24, 2.45) is 4.99 Å². The second kappa shape index (κ2) is 6.13. The van der Waals surface area contributed by atoms with E-state index >= 15 is 0 Å². The van der Waals surface area contributed by atoms with Crippen LogP contribution in [0.4, 0.5) is 0 Å². The second-order valence-electron chi connectivity index (χ2n) is 5.69. The van der Waals surface area contributed by atoms with Crippen LogP contribution in [-0.4, -0.2) is 25.3 Å². The van der Waals surface area contributed by atoms with Crippen molar-refractivity contribution in [2.75, 3.05) is 19.3 Å². The number of nitrogens with zero attached hydrogens (tertiary/aromatic N) is 1. The van der Waals surface area contributed by atoms with Crippen molar-refractivity contribution < 1.29 is 0 Å². The average molecular weight is 321 g/mol. The van der Waals surface area contributed by atoms with Crippen molar-refractivity contribution in [3.63, 3.8) is 0 Å². The Bertz CT molecular complexity index is 795. The number of aliphatic imine (C=N–C) groups is 1. The molecule has 4 heteroatoms. The van der Waals surface area contributed by atoms with E-state index in [9.17, 15) is 0 Å². The Morgan fingerprint density at radius 3 is 2.74 bits per heavy atom. The summed E-state index contributed by atoms with van der Waals surface area (Å²) >= 11 is 1.78. The Hall–Kier alpha value is -2.20. The third kappa shape index (κ3) is 2.75. The molecule has 0 radical (unpaired) electrons. The second-order valence-corrected chi connectivity index (χ2v) is 6.57. The molecule has 0 saturated carbocycles. The molecule has 1 atom stereocenters. The Morgan fingerprint density at radius 1 is 1.09 bits per heavy atom. The van der Waals surface area contributed by atoms with Gasteiger partial charge in [-0.25, -0.2) is 0 Å². The van der Waals surface area contributed by atoms with Gasteiger partial charge in [0.05, 0.1) is 12.6 Å². The van der Waals surface area contributed by atoms with Crippen LogP contribution in [0.2, 0.25) is 0 Å². The van der Waals surface area contributed by atoms with Crippen LogP contribution >= 0.6 is 11.8 Å². The lowest BCUT2D eigenvalue weighted by Gasteiger charge is -2.23. The molecule has 0 fully saturated rings. The van der Waals surface area contributed by atoms with Crippen LogP contribution in [0.3, 0.4) is 0 Å². The molecular weight excluding hydrogens is 302 g/mol. The van der Waals surface area contributed by atoms with E-state index in [1.165, 1.54) is 27.1 Å². The number of hydrogen-bond acceptors (Lipinski definition) is 4. The summed E-state index contributed by atoms with van der Waals surface area (Å²) in [6.07, 6.45) is 6.55. The van der Waals surface area contributed by atoms with Gasteiger partial charge in [0.25, 0.3) is 0 Å². The molecule has 1 unspecified atom stereocenters. The van der Waals surface area contributed by atoms with E-state index in [1.807, 2.05) is 0 Å². The van der Waals surface area contributed by atoms with Gasteiger partial charge >= 0.3 is 0 Å². The van der Waals surface area contributed by atoms with Crippen LogP contribution in [0.1, 0.15) is 28.3 Å². The third-order valence-corrected chi connectivity index (χ3v) is 5.03. The van der Waals surface area contributed by atoms with Gasteiger partial charge in [0.15, 0.2) is 5.96 Å². The fourth-order valence-corrected chi connectivity index (χ4v) is 3.60. The Kier molecular flexibility index (Phi) is 3.83. The van der Waals surface area contributed by atoms with Gasteiger partial charge in [-0.1, -0.05) is 42.5 Å². The molecule has 0 saturated heterocycles. The lowest BCUT2D eigenvalue weighted by atomic mass is 9.94. The van der Waals surface area contributed by atoms with E-state index in [1.54, 1.807) is 11.8 Å². The predicted octanol–water partition coefficient (Wildman–Crippen LogP) is 3.53. The quantitative estimate of drug-likeness (QED) is 0.831. The summed E-state index contributed by atoms with van der Waals surface area (Å²) in [4.78, 5) is 5.80. The van der Waals surface area contributed by atoms with Crippen molar-refractivity contribution >= 4 is 29.9 Å². The van der Waals surface area contributed by atoms with Gasteiger partial charge in [-0.15, -0.1) is 11.8 Å². The lowest BCUT2D eigenvalue weighted by molar-refractivity contribution is 0.741. The molecule has 2 N–H and O–H groups in total. The summed E-state index contributed by atoms with van der Waals surface area (Å²) in [5.41, 5.74) is 5.10. The molecule has 2 aromatic carbocycles. The summed E-state index contributed by atoms with van der Waals surface area (Å²) in [5.74, 6) is 0.895. The van der Waals surface area contributed by atoms with E-state index in [0.717, 1.165) is 19.0 Å². The van der Waals surface area contributed by atoms with Crippen LogP contribution in [0.25, 0.3) is 12.2 Å². The monoisotopic (exact) mass is 321 g/mol. The normalized spacial score (nSPS) is 18.5. The minimum absolute atomic E-state index is 0.108. The van der Waals surface area contributed by atoms with E-state index in [4.69, 9.17) is 0 Å². The molecule has 0 amide bonds. The van der Waals surface area contributed by atoms with E-state index in [-0.39, 0.29) is 6.04 Å². The first-order valence-corrected chi connectivity index (χ1v) is 9.07. The van der Waals surface area contributed by atoms with Gasteiger partial charge in [-0.05, 0) is 40.6 Å². The molecule has 0 bridgehead atoms. The molecule has 3 nitrogen and oxygen atoms in total. The van der Waals surface area contributed by atoms with Gasteiger partial charge in [-0.3, -0.25) is 4.99 Å². The molecule has 1 heterocycles. The topological polar surface area (TPSA) is 36.4 Å². The van der Waals surface area contributed by atoms with Crippen LogP contribution in [0.15, 0.2) is 52.4 Å². The standard InChI is InChI=1S/C19H19N3S/c1-23-15-8-9-17-14(12-15)7-6-13-4-2-3-5-16(13)18(17)22-19-20-10-11-21-19/h2-9,12,18H,10-11H2,1H3,(H2,20,21,22). The van der Waals surface area contributed by atoms with Crippen LogP contribution in [-0.2, 0) is 0 Å². The summed E-state index contributed by atoms with van der Waals surface area (Å²) in [6.45, 7) is 1.75. The molecule has 116 valence electrons. The molecule has 1 aliphatic carbocycles. The highest BCUT2D eigenvalue weighted by molar-refractivity contribution is 7.98. The minimum atomic E-state index is 0.108. The van der Waals surface area contributed by atoms with E-state index < -0.39 is 0 Å². The van der Waals surface area contributed by atoms with Crippen molar-refractivity contribution in [1.29, 1.82) is 0 Å². The maximum atomic E-state index is 4.51. The molecule has 1 aliphatic heterocycles. The third-order valence-electron chi connectivity index (χ3n) is 4.31. The number of guanidine groups is 1. The molecule has 0 spiro atoms. The summed E-state index contributed by atoms with van der Waals surface area (Å²) < 4.78 is 0. The van der Waals surface area contributed by atoms with Gasteiger partial charge in [0.2, 0.25) is 0 Å². The fourth-order valence-electron chi connectivity index (χ4n) is 3.15. The Labute approximate surface area is 140 Å². The number of nitrogens with one attached hydrogen (secondary N) is 2. The molecule has 0 aromatic heterocycles. The molecule has 2 aliphatic rings. The molecule has 4 rings (SSSR count). The smallest absolute Gasteiger partial charge is 0.192 e. The number of fused-ring (bicyclic) bond motifs is 2. The number of hydrogen-bond donors (Lipinski definition) is 2. The van der Waals surface area contributed by atoms with Crippen molar-refractivity contribution in [3.05, 3.63) is 64.7 Å². The zero-order chi connectivity index (χ0) is 15.6. The maximum absolute atomic E-state index is 4.51. The first-order chi connectivity index (χ1) is 11.3. The van der Waals surface area contributed by atoms with Crippen LogP contribution < -0.4 is 10.6 Å². The summed E-state index contributed by atoms with van der Waals surface area (Å²) in [5, 5.41) is 6.92. The van der Waals surface area contributed by atoms with E-state index in [2.05, 4.69) is 76.5 Å². The molecule has 23 heavy (non-hydrogen) atoms. The molecular formula is C19H19N3S. The van der Waals surface area contributed by atoms with Gasteiger partial charge < -0.3 is 10.6 Å². The fraction of sp³-hybridized carbons (Fsp3) is 0.211. The maximum Gasteiger partial charge on any atom is 0.192 e. The molecule has 2 aromatic rings. The highest BCUT2D eigenvalue weighted by Crippen LogP contribution is 2.34. The Morgan fingerprint density at radius 2 is 1.91 bits per heavy atom. The van der Waals surface area contributed by atoms with Gasteiger partial charge in [0.1, 0.15) is 0 Å². The van der Waals surface area contributed by atoms with Crippen molar-refractivity contribution in [2.45, 2.75) is 10.9 Å². The SMILES string of the molecule is CSc1ccc2c(c1)C=Cc1ccccc1C2NC1=NCCN1. The van der Waals surface area contributed by atoms with Crippen molar-refractivity contribution in [3.8, 4) is 0 Å². The van der Waals surface area contributed by atoms with Gasteiger partial charge in [-0.2, -0.15) is 0 Å². The lowest BCUT2D eigenvalue weighted by Crippen LogP contribution is -2.37. The van der Waals surface area contributed by atoms with Crippen molar-refractivity contribution in [1.82, 2.24) is 10.6 Å². The Balaban J connectivity index is 1.83. The first kappa shape index (κ1) is 14.4. The number of rotatable bonds is 2. The van der Waals surface area contributed by atoms with Gasteiger partial charge in [0, 0.05) is 11.4 Å². The zero-order valence-electron chi connectivity index (χ0n) is 13.0. The largest absolute Gasteiger partial charge is 0.355 e. The van der Waals surface area contributed by atoms with Crippen LogP contribution in [0.5, 0.6) is 0 Å². The zero-order valence-corrected chi connectivity index (χ0v) is 13.9. The summed E-state index contributed by atoms with van der Waals surface area (Å²) in [7, 11) is 0. The summed E-state index contributed by atoms with van der Waals surface area (Å²) in [6, 6.07) is 15.4. The average Bonchev–Trinajstić information content (AvgIpc) is 3.06. The highest BCUT2D eigenvalue weighted by Gasteiger charge is 2.23. The highest BCUT2D eigenvalue weighted by atomic mass is 32.2. The number of benzene rings is 2. The minimum Gasteiger partial charge on any atom is -0.355 e. The predicted molar refractivity (Wildman–Crippen MR) is 98.9 cm³/mol. The van der Waals surface area contributed by atoms with E-state index in [0.29, 0.717) is 0 Å². The van der Waals surface area contributed by atoms with Crippen LogP contribution in [0, 0.1) is 0 Å². The first-order valence-electron chi connectivity index (χ1n) is 7.85.